The van der Waals surface area contributed by atoms with Crippen LogP contribution in [0.15, 0.2) is 11.0 Å². The third-order valence-corrected chi connectivity index (χ3v) is 0.746. The van der Waals surface area contributed by atoms with Crippen molar-refractivity contribution in [3.63, 3.8) is 0 Å². The molecule has 0 aliphatic heterocycles. The molecular weight excluding hydrogens is 94.1 g/mol. The summed E-state index contributed by atoms with van der Waals surface area (Å²) >= 11 is 3.73. The zero-order chi connectivity index (χ0) is 4.99. The molecule has 6 heavy (non-hydrogen) atoms. The molecule has 0 aromatic rings. The molecular formula is C4H5NS. The van der Waals surface area contributed by atoms with E-state index in [4.69, 9.17) is 5.26 Å². The van der Waals surface area contributed by atoms with Gasteiger partial charge in [0.15, 0.2) is 0 Å². The Hall–Kier alpha value is -0.420. The number of hydrogen-bond donors (Lipinski definition) is 1. The topological polar surface area (TPSA) is 23.8 Å². The van der Waals surface area contributed by atoms with Crippen LogP contribution in [0.25, 0.3) is 0 Å². The van der Waals surface area contributed by atoms with Crippen molar-refractivity contribution in [1.82, 2.24) is 0 Å². The van der Waals surface area contributed by atoms with Gasteiger partial charge in [0, 0.05) is 0 Å². The first-order valence-electron chi connectivity index (χ1n) is 1.56. The van der Waals surface area contributed by atoms with E-state index in [9.17, 15) is 0 Å². The molecule has 0 aromatic heterocycles. The quantitative estimate of drug-likeness (QED) is 0.359. The van der Waals surface area contributed by atoms with E-state index in [-0.39, 0.29) is 0 Å². The second-order valence-electron chi connectivity index (χ2n) is 0.786. The van der Waals surface area contributed by atoms with Gasteiger partial charge >= 0.3 is 0 Å². The van der Waals surface area contributed by atoms with Crippen molar-refractivity contribution < 1.29 is 0 Å². The summed E-state index contributed by atoms with van der Waals surface area (Å²) in [4.78, 5) is 0.468. The standard InChI is InChI=1S/C4H5NS/c1-2-4(6)3-5/h2,6H,1H3. The Labute approximate surface area is 42.7 Å². The van der Waals surface area contributed by atoms with Crippen molar-refractivity contribution in [2.75, 3.05) is 0 Å². The van der Waals surface area contributed by atoms with Crippen LogP contribution in [0.5, 0.6) is 0 Å². The normalized spacial score (nSPS) is 10.5. The SMILES string of the molecule is CC=C(S)C#N. The van der Waals surface area contributed by atoms with Crippen molar-refractivity contribution in [2.45, 2.75) is 6.92 Å². The molecule has 0 bridgehead atoms. The summed E-state index contributed by atoms with van der Waals surface area (Å²) < 4.78 is 0. The van der Waals surface area contributed by atoms with Gasteiger partial charge < -0.3 is 0 Å². The highest BCUT2D eigenvalue weighted by atomic mass is 32.1. The van der Waals surface area contributed by atoms with Gasteiger partial charge in [0.2, 0.25) is 0 Å². The van der Waals surface area contributed by atoms with E-state index in [1.807, 2.05) is 6.07 Å². The lowest BCUT2D eigenvalue weighted by Gasteiger charge is -1.69. The zero-order valence-electron chi connectivity index (χ0n) is 3.47. The molecule has 0 heterocycles. The highest BCUT2D eigenvalue weighted by molar-refractivity contribution is 7.84. The zero-order valence-corrected chi connectivity index (χ0v) is 4.37. The molecule has 0 radical (unpaired) electrons. The van der Waals surface area contributed by atoms with E-state index in [0.717, 1.165) is 0 Å². The number of rotatable bonds is 0. The smallest absolute Gasteiger partial charge is 0.105 e. The fourth-order valence-electron chi connectivity index (χ4n) is 0.0645. The summed E-state index contributed by atoms with van der Waals surface area (Å²) in [6.07, 6.45) is 1.64. The lowest BCUT2D eigenvalue weighted by atomic mass is 10.6. The second kappa shape index (κ2) is 2.80. The van der Waals surface area contributed by atoms with Crippen molar-refractivity contribution in [2.24, 2.45) is 0 Å². The third kappa shape index (κ3) is 1.86. The number of nitriles is 1. The van der Waals surface area contributed by atoms with Crippen molar-refractivity contribution >= 4 is 12.6 Å². The van der Waals surface area contributed by atoms with Crippen LogP contribution in [0, 0.1) is 11.3 Å². The molecule has 0 rings (SSSR count). The highest BCUT2D eigenvalue weighted by Crippen LogP contribution is 1.93. The summed E-state index contributed by atoms with van der Waals surface area (Å²) in [7, 11) is 0. The summed E-state index contributed by atoms with van der Waals surface area (Å²) in [5.74, 6) is 0. The van der Waals surface area contributed by atoms with E-state index >= 15 is 0 Å². The number of thiol groups is 1. The average Bonchev–Trinajstić information content (AvgIpc) is 1.65. The molecule has 0 aliphatic rings. The highest BCUT2D eigenvalue weighted by Gasteiger charge is 1.72. The maximum absolute atomic E-state index is 7.94. The molecule has 0 atom stereocenters. The Morgan fingerprint density at radius 3 is 2.50 bits per heavy atom. The fourth-order valence-corrected chi connectivity index (χ4v) is 0.0645. The largest absolute Gasteiger partial charge is 0.192 e. The minimum atomic E-state index is 0.468. The van der Waals surface area contributed by atoms with Crippen molar-refractivity contribution in [1.29, 1.82) is 5.26 Å². The van der Waals surface area contributed by atoms with Gasteiger partial charge in [-0.2, -0.15) is 5.26 Å². The second-order valence-corrected chi connectivity index (χ2v) is 1.27. The summed E-state index contributed by atoms with van der Waals surface area (Å²) in [6.45, 7) is 1.77. The van der Waals surface area contributed by atoms with Crippen LogP contribution < -0.4 is 0 Å². The predicted octanol–water partition coefficient (Wildman–Crippen LogP) is 1.34. The van der Waals surface area contributed by atoms with Crippen LogP contribution in [0.3, 0.4) is 0 Å². The molecule has 0 fully saturated rings. The lowest BCUT2D eigenvalue weighted by Crippen LogP contribution is -1.53. The Kier molecular flexibility index (Phi) is 2.60. The predicted molar refractivity (Wildman–Crippen MR) is 28.4 cm³/mol. The first-order valence-corrected chi connectivity index (χ1v) is 2.01. The molecule has 0 saturated carbocycles. The van der Waals surface area contributed by atoms with Gasteiger partial charge in [-0.05, 0) is 6.92 Å². The van der Waals surface area contributed by atoms with Crippen LogP contribution in [0.2, 0.25) is 0 Å². The molecule has 0 saturated heterocycles. The molecule has 2 heteroatoms. The van der Waals surface area contributed by atoms with Crippen molar-refractivity contribution in [3.8, 4) is 6.07 Å². The van der Waals surface area contributed by atoms with Gasteiger partial charge in [0.25, 0.3) is 0 Å². The van der Waals surface area contributed by atoms with Crippen LogP contribution in [-0.2, 0) is 0 Å². The number of allylic oxidation sites excluding steroid dienone is 2. The average molecular weight is 99.2 g/mol. The Morgan fingerprint density at radius 1 is 2.00 bits per heavy atom. The van der Waals surface area contributed by atoms with Gasteiger partial charge in [0.05, 0.1) is 4.91 Å². The molecule has 0 N–H and O–H groups in total. The monoisotopic (exact) mass is 99.0 g/mol. The molecule has 0 spiro atoms. The fraction of sp³-hybridized carbons (Fsp3) is 0.250. The third-order valence-electron chi connectivity index (χ3n) is 0.388. The molecule has 32 valence electrons. The van der Waals surface area contributed by atoms with Gasteiger partial charge in [-0.25, -0.2) is 0 Å². The first kappa shape index (κ1) is 5.58. The Balaban J connectivity index is 3.61. The molecule has 0 aromatic carbocycles. The van der Waals surface area contributed by atoms with E-state index in [1.165, 1.54) is 0 Å². The lowest BCUT2D eigenvalue weighted by molar-refractivity contribution is 1.52. The molecule has 0 unspecified atom stereocenters. The minimum absolute atomic E-state index is 0.468. The molecule has 1 nitrogen and oxygen atoms in total. The summed E-state index contributed by atoms with van der Waals surface area (Å²) in [6, 6.07) is 1.84. The van der Waals surface area contributed by atoms with Crippen LogP contribution in [-0.4, -0.2) is 0 Å². The maximum Gasteiger partial charge on any atom is 0.105 e. The Morgan fingerprint density at radius 2 is 2.50 bits per heavy atom. The van der Waals surface area contributed by atoms with E-state index in [1.54, 1.807) is 13.0 Å². The van der Waals surface area contributed by atoms with E-state index in [2.05, 4.69) is 12.6 Å². The maximum atomic E-state index is 7.94. The van der Waals surface area contributed by atoms with Crippen LogP contribution in [0.4, 0.5) is 0 Å². The van der Waals surface area contributed by atoms with Gasteiger partial charge in [0.1, 0.15) is 6.07 Å². The van der Waals surface area contributed by atoms with Crippen LogP contribution in [0.1, 0.15) is 6.92 Å². The summed E-state index contributed by atoms with van der Waals surface area (Å²) in [5.41, 5.74) is 0. The van der Waals surface area contributed by atoms with Gasteiger partial charge in [-0.1, -0.05) is 6.08 Å². The van der Waals surface area contributed by atoms with Crippen LogP contribution >= 0.6 is 12.6 Å². The Bertz CT molecular complexity index is 98.6. The van der Waals surface area contributed by atoms with E-state index < -0.39 is 0 Å². The summed E-state index contributed by atoms with van der Waals surface area (Å²) in [5, 5.41) is 7.94. The van der Waals surface area contributed by atoms with Gasteiger partial charge in [-0.15, -0.1) is 12.6 Å². The minimum Gasteiger partial charge on any atom is -0.192 e. The molecule has 0 aliphatic carbocycles. The van der Waals surface area contributed by atoms with E-state index in [0.29, 0.717) is 4.91 Å². The molecule has 0 amide bonds. The van der Waals surface area contributed by atoms with Gasteiger partial charge in [-0.3, -0.25) is 0 Å². The number of hydrogen-bond acceptors (Lipinski definition) is 2. The van der Waals surface area contributed by atoms with Crippen molar-refractivity contribution in [3.05, 3.63) is 11.0 Å². The first-order chi connectivity index (χ1) is 2.81. The number of nitrogens with zero attached hydrogens (tertiary/aromatic N) is 1.